The standard InChI is InChI=1S/C51H42N2S/c1-4-11-36(12-5-1)37-13-10-18-44(29-37)53(43-21-19-40(20-22-43)51-32-35-27-38(33-51)39(28-35)34-51)45-24-26-49-48(30-45)47-25-23-46(31-50(47)54-49)52(41-14-6-2-7-15-41)42-16-8-3-9-17-42/h1-26,29-31,35,38-39H,27-28,32-34H2. The Morgan fingerprint density at radius 2 is 0.944 bits per heavy atom. The van der Waals surface area contributed by atoms with Crippen molar-refractivity contribution in [3.63, 3.8) is 0 Å². The highest BCUT2D eigenvalue weighted by Gasteiger charge is 2.56. The molecule has 0 amide bonds. The zero-order valence-electron chi connectivity index (χ0n) is 30.3. The Bertz CT molecular complexity index is 2550. The third kappa shape index (κ3) is 5.36. The molecule has 4 fully saturated rings. The normalized spacial score (nSPS) is 21.2. The fourth-order valence-electron chi connectivity index (χ4n) is 10.7. The Kier molecular flexibility index (Phi) is 7.52. The SMILES string of the molecule is c1ccc(-c2cccc(N(c3ccc(C45CC6CC(C4)C(C6)C5)cc3)c3ccc4sc5cc(N(c6ccccc6)c6ccccc6)ccc5c4c3)c2)cc1. The minimum Gasteiger partial charge on any atom is -0.310 e. The second kappa shape index (κ2) is 12.7. The van der Waals surface area contributed by atoms with Crippen LogP contribution in [-0.4, -0.2) is 0 Å². The lowest BCUT2D eigenvalue weighted by molar-refractivity contribution is 0.229. The molecular formula is C51H42N2S. The summed E-state index contributed by atoms with van der Waals surface area (Å²) in [7, 11) is 0. The third-order valence-corrected chi connectivity index (χ3v) is 14.0. The van der Waals surface area contributed by atoms with Crippen LogP contribution in [0.4, 0.5) is 34.1 Å². The van der Waals surface area contributed by atoms with Gasteiger partial charge in [0, 0.05) is 54.3 Å². The molecule has 54 heavy (non-hydrogen) atoms. The van der Waals surface area contributed by atoms with Gasteiger partial charge in [0.15, 0.2) is 0 Å². The lowest BCUT2D eigenvalue weighted by Gasteiger charge is -2.39. The van der Waals surface area contributed by atoms with Gasteiger partial charge in [0.1, 0.15) is 0 Å². The molecule has 4 aliphatic carbocycles. The molecule has 1 heterocycles. The first-order valence-corrected chi connectivity index (χ1v) is 20.4. The maximum Gasteiger partial charge on any atom is 0.0476 e. The van der Waals surface area contributed by atoms with Gasteiger partial charge in [0.25, 0.3) is 0 Å². The number of para-hydroxylation sites is 2. The van der Waals surface area contributed by atoms with Gasteiger partial charge >= 0.3 is 0 Å². The van der Waals surface area contributed by atoms with Gasteiger partial charge in [-0.3, -0.25) is 0 Å². The van der Waals surface area contributed by atoms with Gasteiger partial charge in [-0.2, -0.15) is 0 Å². The molecule has 8 aromatic rings. The number of fused-ring (bicyclic) bond motifs is 3. The maximum absolute atomic E-state index is 2.47. The van der Waals surface area contributed by atoms with Crippen LogP contribution in [0.5, 0.6) is 0 Å². The zero-order chi connectivity index (χ0) is 35.6. The summed E-state index contributed by atoms with van der Waals surface area (Å²) in [5.41, 5.74) is 11.4. The minimum absolute atomic E-state index is 0.400. The molecule has 4 aliphatic rings. The van der Waals surface area contributed by atoms with Crippen LogP contribution in [0.25, 0.3) is 31.3 Å². The molecule has 262 valence electrons. The fraction of sp³-hybridized carbons (Fsp3) is 0.176. The van der Waals surface area contributed by atoms with Gasteiger partial charge in [-0.15, -0.1) is 11.3 Å². The molecule has 7 aromatic carbocycles. The fourth-order valence-corrected chi connectivity index (χ4v) is 11.8. The van der Waals surface area contributed by atoms with Crippen LogP contribution in [-0.2, 0) is 5.41 Å². The highest BCUT2D eigenvalue weighted by molar-refractivity contribution is 7.25. The molecule has 0 spiro atoms. The highest BCUT2D eigenvalue weighted by atomic mass is 32.1. The molecule has 12 rings (SSSR count). The van der Waals surface area contributed by atoms with E-state index < -0.39 is 0 Å². The first-order chi connectivity index (χ1) is 26.7. The molecule has 2 unspecified atom stereocenters. The van der Waals surface area contributed by atoms with Crippen LogP contribution < -0.4 is 9.80 Å². The number of hydrogen-bond donors (Lipinski definition) is 0. The van der Waals surface area contributed by atoms with Crippen molar-refractivity contribution in [2.24, 2.45) is 17.8 Å². The Labute approximate surface area is 322 Å². The average molecular weight is 715 g/mol. The van der Waals surface area contributed by atoms with Crippen molar-refractivity contribution in [1.82, 2.24) is 0 Å². The number of anilines is 6. The van der Waals surface area contributed by atoms with Crippen LogP contribution in [0.1, 0.15) is 37.7 Å². The van der Waals surface area contributed by atoms with Crippen LogP contribution >= 0.6 is 11.3 Å². The lowest BCUT2D eigenvalue weighted by atomic mass is 9.66. The summed E-state index contributed by atoms with van der Waals surface area (Å²) < 4.78 is 2.59. The van der Waals surface area contributed by atoms with E-state index in [9.17, 15) is 0 Å². The predicted molar refractivity (Wildman–Crippen MR) is 229 cm³/mol. The van der Waals surface area contributed by atoms with Crippen molar-refractivity contribution in [3.8, 4) is 11.1 Å². The summed E-state index contributed by atoms with van der Waals surface area (Å²) in [4.78, 5) is 4.82. The molecule has 0 N–H and O–H groups in total. The number of nitrogens with zero attached hydrogens (tertiary/aromatic N) is 2. The molecular weight excluding hydrogens is 673 g/mol. The topological polar surface area (TPSA) is 6.48 Å². The van der Waals surface area contributed by atoms with Crippen LogP contribution in [0.2, 0.25) is 0 Å². The van der Waals surface area contributed by atoms with Gasteiger partial charge in [-0.25, -0.2) is 0 Å². The van der Waals surface area contributed by atoms with E-state index in [0.29, 0.717) is 5.41 Å². The van der Waals surface area contributed by atoms with E-state index in [0.717, 1.165) is 34.8 Å². The Balaban J connectivity index is 1.01. The molecule has 4 saturated carbocycles. The van der Waals surface area contributed by atoms with Crippen molar-refractivity contribution in [2.45, 2.75) is 37.5 Å². The number of thiophene rings is 1. The van der Waals surface area contributed by atoms with E-state index in [1.165, 1.54) is 80.5 Å². The first-order valence-electron chi connectivity index (χ1n) is 19.6. The second-order valence-electron chi connectivity index (χ2n) is 16.0. The summed E-state index contributed by atoms with van der Waals surface area (Å²) in [6, 6.07) is 64.9. The molecule has 3 heteroatoms. The van der Waals surface area contributed by atoms with Gasteiger partial charge in [0.2, 0.25) is 0 Å². The Morgan fingerprint density at radius 1 is 0.407 bits per heavy atom. The highest BCUT2D eigenvalue weighted by Crippen LogP contribution is 2.64. The minimum atomic E-state index is 0.400. The van der Waals surface area contributed by atoms with Crippen LogP contribution in [0.15, 0.2) is 176 Å². The Morgan fingerprint density at radius 3 is 1.63 bits per heavy atom. The molecule has 2 nitrogen and oxygen atoms in total. The lowest BCUT2D eigenvalue weighted by Crippen LogP contribution is -2.31. The summed E-state index contributed by atoms with van der Waals surface area (Å²) in [6.45, 7) is 0. The van der Waals surface area contributed by atoms with Crippen molar-refractivity contribution in [2.75, 3.05) is 9.80 Å². The van der Waals surface area contributed by atoms with Crippen molar-refractivity contribution < 1.29 is 0 Å². The summed E-state index contributed by atoms with van der Waals surface area (Å²) in [6.07, 6.45) is 7.15. The largest absolute Gasteiger partial charge is 0.310 e. The van der Waals surface area contributed by atoms with E-state index in [2.05, 4.69) is 186 Å². The summed E-state index contributed by atoms with van der Waals surface area (Å²) in [5.74, 6) is 2.87. The van der Waals surface area contributed by atoms with Crippen LogP contribution in [0.3, 0.4) is 0 Å². The van der Waals surface area contributed by atoms with E-state index in [4.69, 9.17) is 0 Å². The summed E-state index contributed by atoms with van der Waals surface area (Å²) in [5, 5.41) is 2.59. The van der Waals surface area contributed by atoms with E-state index in [1.54, 1.807) is 5.56 Å². The Hall–Kier alpha value is -5.64. The molecule has 0 saturated heterocycles. The molecule has 0 radical (unpaired) electrons. The molecule has 4 bridgehead atoms. The number of rotatable bonds is 8. The molecule has 0 aliphatic heterocycles. The first kappa shape index (κ1) is 31.8. The third-order valence-electron chi connectivity index (χ3n) is 12.9. The van der Waals surface area contributed by atoms with Crippen molar-refractivity contribution in [1.29, 1.82) is 0 Å². The monoisotopic (exact) mass is 714 g/mol. The quantitative estimate of drug-likeness (QED) is 0.155. The van der Waals surface area contributed by atoms with E-state index in [-0.39, 0.29) is 0 Å². The number of benzene rings is 7. The zero-order valence-corrected chi connectivity index (χ0v) is 31.1. The maximum atomic E-state index is 2.47. The van der Waals surface area contributed by atoms with Crippen molar-refractivity contribution in [3.05, 3.63) is 181 Å². The number of hydrogen-bond acceptors (Lipinski definition) is 3. The predicted octanol–water partition coefficient (Wildman–Crippen LogP) is 14.7. The average Bonchev–Trinajstić information content (AvgIpc) is 3.83. The van der Waals surface area contributed by atoms with Gasteiger partial charge < -0.3 is 9.80 Å². The smallest absolute Gasteiger partial charge is 0.0476 e. The van der Waals surface area contributed by atoms with E-state index >= 15 is 0 Å². The van der Waals surface area contributed by atoms with Gasteiger partial charge in [-0.1, -0.05) is 97.1 Å². The van der Waals surface area contributed by atoms with E-state index in [1.807, 2.05) is 11.3 Å². The van der Waals surface area contributed by atoms with Gasteiger partial charge in [0.05, 0.1) is 0 Å². The second-order valence-corrected chi connectivity index (χ2v) is 17.1. The van der Waals surface area contributed by atoms with Gasteiger partial charge in [-0.05, 0) is 151 Å². The summed E-state index contributed by atoms with van der Waals surface area (Å²) >= 11 is 1.88. The molecule has 2 atom stereocenters. The molecule has 1 aromatic heterocycles. The van der Waals surface area contributed by atoms with Crippen LogP contribution in [0, 0.1) is 17.8 Å². The van der Waals surface area contributed by atoms with Crippen molar-refractivity contribution >= 4 is 65.6 Å².